The summed E-state index contributed by atoms with van der Waals surface area (Å²) in [5, 5.41) is 11.5. The zero-order valence-corrected chi connectivity index (χ0v) is 20.0. The normalized spacial score (nSPS) is 12.1. The van der Waals surface area contributed by atoms with Crippen molar-refractivity contribution in [2.24, 2.45) is 0 Å². The topological polar surface area (TPSA) is 61.6 Å². The minimum absolute atomic E-state index is 0.0456. The molecule has 0 amide bonds. The third-order valence-electron chi connectivity index (χ3n) is 4.48. The van der Waals surface area contributed by atoms with Gasteiger partial charge in [-0.05, 0) is 76.5 Å². The Kier molecular flexibility index (Phi) is 8.06. The first-order valence-corrected chi connectivity index (χ1v) is 12.2. The van der Waals surface area contributed by atoms with Crippen molar-refractivity contribution < 1.29 is 27.6 Å². The van der Waals surface area contributed by atoms with E-state index in [-0.39, 0.29) is 37.9 Å². The highest BCUT2D eigenvalue weighted by Gasteiger charge is 2.31. The summed E-state index contributed by atoms with van der Waals surface area (Å²) in [5.41, 5.74) is 0.909. The molecule has 0 aliphatic rings. The van der Waals surface area contributed by atoms with Gasteiger partial charge in [0.2, 0.25) is 5.75 Å². The van der Waals surface area contributed by atoms with E-state index in [0.717, 1.165) is 12.8 Å². The molecule has 0 spiro atoms. The van der Waals surface area contributed by atoms with Crippen LogP contribution in [0.15, 0.2) is 66.7 Å². The van der Waals surface area contributed by atoms with E-state index in [1.165, 1.54) is 49.5 Å². The number of rotatable bonds is 8. The number of nitro benzene ring substituents is 1. The van der Waals surface area contributed by atoms with Crippen molar-refractivity contribution in [3.05, 3.63) is 80.4 Å². The summed E-state index contributed by atoms with van der Waals surface area (Å²) in [6.45, 7) is 4.31. The molecule has 3 aromatic rings. The van der Waals surface area contributed by atoms with Crippen LogP contribution < -0.4 is 9.47 Å². The fourth-order valence-corrected chi connectivity index (χ4v) is 5.64. The van der Waals surface area contributed by atoms with Gasteiger partial charge in [-0.3, -0.25) is 10.1 Å². The lowest BCUT2D eigenvalue weighted by molar-refractivity contribution is -0.385. The lowest BCUT2D eigenvalue weighted by Gasteiger charge is -2.11. The standard InChI is InChI=1S/C24H21F3INO4/c1-3-4-16(2)28-19-8-12-20(13-9-19)32-23-15-18(7-14-22(23)29(30)31)17-5-10-21(11-6-17)33-24(25,26)27/h5-15H,3-4H2,1-2H3. The SMILES string of the molecule is CCCC(C)=Ic1ccc(Oc2cc(-c3ccc(OC(F)(F)F)cc3)ccc2[N+](=O)[O-])cc1. The third-order valence-corrected chi connectivity index (χ3v) is 7.29. The molecule has 33 heavy (non-hydrogen) atoms. The number of nitrogens with zero attached hydrogens (tertiary/aromatic N) is 1. The van der Waals surface area contributed by atoms with Crippen LogP contribution in [-0.2, 0) is 0 Å². The van der Waals surface area contributed by atoms with Crippen LogP contribution in [0.5, 0.6) is 17.2 Å². The molecule has 0 fully saturated rings. The summed E-state index contributed by atoms with van der Waals surface area (Å²) in [5.74, 6) is 0.160. The number of hydrogen-bond donors (Lipinski definition) is 0. The predicted octanol–water partition coefficient (Wildman–Crippen LogP) is 8.09. The summed E-state index contributed by atoms with van der Waals surface area (Å²) >= 11 is -0.209. The summed E-state index contributed by atoms with van der Waals surface area (Å²) in [6.07, 6.45) is -2.56. The zero-order chi connectivity index (χ0) is 24.0. The lowest BCUT2D eigenvalue weighted by Crippen LogP contribution is -2.16. The van der Waals surface area contributed by atoms with Crippen LogP contribution in [0.1, 0.15) is 26.7 Å². The van der Waals surface area contributed by atoms with Crippen LogP contribution in [0.3, 0.4) is 0 Å². The highest BCUT2D eigenvalue weighted by Crippen LogP contribution is 2.36. The van der Waals surface area contributed by atoms with E-state index < -0.39 is 11.3 Å². The summed E-state index contributed by atoms with van der Waals surface area (Å²) in [7, 11) is 0. The number of halogens is 4. The van der Waals surface area contributed by atoms with E-state index >= 15 is 0 Å². The summed E-state index contributed by atoms with van der Waals surface area (Å²) in [4.78, 5) is 10.9. The summed E-state index contributed by atoms with van der Waals surface area (Å²) in [6, 6.07) is 17.1. The van der Waals surface area contributed by atoms with Gasteiger partial charge in [0.25, 0.3) is 0 Å². The second-order valence-corrected chi connectivity index (χ2v) is 10.7. The van der Waals surface area contributed by atoms with Gasteiger partial charge in [0.15, 0.2) is 0 Å². The molecular weight excluding hydrogens is 550 g/mol. The first-order valence-electron chi connectivity index (χ1n) is 10.0. The van der Waals surface area contributed by atoms with Crippen LogP contribution in [0.4, 0.5) is 18.9 Å². The smallest absolute Gasteiger partial charge is 0.450 e. The van der Waals surface area contributed by atoms with Crippen molar-refractivity contribution in [1.82, 2.24) is 0 Å². The van der Waals surface area contributed by atoms with Crippen molar-refractivity contribution in [3.63, 3.8) is 0 Å². The molecular formula is C24H21F3INO4. The molecule has 0 unspecified atom stereocenters. The highest BCUT2D eigenvalue weighted by molar-refractivity contribution is 14.2. The van der Waals surface area contributed by atoms with Gasteiger partial charge in [-0.25, -0.2) is 0 Å². The van der Waals surface area contributed by atoms with E-state index in [4.69, 9.17) is 4.74 Å². The minimum atomic E-state index is -4.78. The Balaban J connectivity index is 1.85. The molecule has 5 nitrogen and oxygen atoms in total. The fraction of sp³-hybridized carbons (Fsp3) is 0.208. The van der Waals surface area contributed by atoms with Gasteiger partial charge in [-0.1, -0.05) is 46.2 Å². The minimum Gasteiger partial charge on any atom is -0.450 e. The van der Waals surface area contributed by atoms with E-state index in [1.54, 1.807) is 12.1 Å². The van der Waals surface area contributed by atoms with E-state index in [0.29, 0.717) is 16.9 Å². The average molecular weight is 571 g/mol. The van der Waals surface area contributed by atoms with Gasteiger partial charge < -0.3 is 9.47 Å². The van der Waals surface area contributed by atoms with Crippen LogP contribution in [0.25, 0.3) is 11.1 Å². The van der Waals surface area contributed by atoms with Crippen LogP contribution in [0.2, 0.25) is 0 Å². The highest BCUT2D eigenvalue weighted by atomic mass is 127. The van der Waals surface area contributed by atoms with Crippen molar-refractivity contribution >= 4 is 29.9 Å². The maximum absolute atomic E-state index is 12.4. The molecule has 0 saturated carbocycles. The molecule has 0 bridgehead atoms. The molecule has 0 N–H and O–H groups in total. The monoisotopic (exact) mass is 571 g/mol. The Bertz CT molecular complexity index is 1140. The van der Waals surface area contributed by atoms with E-state index in [2.05, 4.69) is 18.6 Å². The number of benzene rings is 3. The largest absolute Gasteiger partial charge is 0.573 e. The number of alkyl halides is 3. The molecule has 9 heteroatoms. The van der Waals surface area contributed by atoms with Gasteiger partial charge in [-0.2, -0.15) is 0 Å². The Labute approximate surface area is 199 Å². The van der Waals surface area contributed by atoms with Crippen LogP contribution in [-0.4, -0.2) is 14.8 Å². The number of nitro groups is 1. The first kappa shape index (κ1) is 24.7. The summed E-state index contributed by atoms with van der Waals surface area (Å²) < 4.78 is 49.5. The first-order chi connectivity index (χ1) is 15.6. The van der Waals surface area contributed by atoms with Gasteiger partial charge in [0, 0.05) is 9.64 Å². The Morgan fingerprint density at radius 3 is 2.15 bits per heavy atom. The molecule has 3 aromatic carbocycles. The van der Waals surface area contributed by atoms with E-state index in [9.17, 15) is 23.3 Å². The van der Waals surface area contributed by atoms with Gasteiger partial charge in [0.1, 0.15) is 11.5 Å². The van der Waals surface area contributed by atoms with Crippen molar-refractivity contribution in [2.45, 2.75) is 33.1 Å². The lowest BCUT2D eigenvalue weighted by atomic mass is 10.0. The second-order valence-electron chi connectivity index (χ2n) is 7.09. The number of ether oxygens (including phenoxy) is 2. The molecule has 0 aliphatic heterocycles. The third kappa shape index (κ3) is 7.28. The average Bonchev–Trinajstić information content (AvgIpc) is 2.74. The predicted molar refractivity (Wildman–Crippen MR) is 130 cm³/mol. The Morgan fingerprint density at radius 1 is 0.970 bits per heavy atom. The zero-order valence-electron chi connectivity index (χ0n) is 17.9. The molecule has 0 heterocycles. The number of hydrogen-bond acceptors (Lipinski definition) is 4. The maximum atomic E-state index is 12.4. The van der Waals surface area contributed by atoms with Gasteiger partial charge in [-0.15, -0.1) is 13.2 Å². The van der Waals surface area contributed by atoms with Crippen molar-refractivity contribution in [3.8, 4) is 28.4 Å². The molecule has 0 saturated heterocycles. The van der Waals surface area contributed by atoms with Crippen LogP contribution in [0, 0.1) is 13.7 Å². The molecule has 174 valence electrons. The molecule has 0 aromatic heterocycles. The maximum Gasteiger partial charge on any atom is 0.573 e. The molecule has 3 rings (SSSR count). The van der Waals surface area contributed by atoms with Gasteiger partial charge in [0.05, 0.1) is 4.92 Å². The van der Waals surface area contributed by atoms with Gasteiger partial charge >= 0.3 is 12.0 Å². The Morgan fingerprint density at radius 2 is 1.58 bits per heavy atom. The van der Waals surface area contributed by atoms with Crippen LogP contribution >= 0.6 is 20.7 Å². The molecule has 0 aliphatic carbocycles. The quantitative estimate of drug-likeness (QED) is 0.156. The Hall–Kier alpha value is -2.95. The second kappa shape index (κ2) is 10.8. The van der Waals surface area contributed by atoms with Crippen molar-refractivity contribution in [1.29, 1.82) is 0 Å². The van der Waals surface area contributed by atoms with Crippen molar-refractivity contribution in [2.75, 3.05) is 0 Å². The molecule has 0 atom stereocenters. The van der Waals surface area contributed by atoms with E-state index in [1.807, 2.05) is 12.1 Å². The molecule has 0 radical (unpaired) electrons. The fourth-order valence-electron chi connectivity index (χ4n) is 3.05.